The van der Waals surface area contributed by atoms with Crippen LogP contribution >= 0.6 is 0 Å². The first-order valence-corrected chi connectivity index (χ1v) is 8.87. The number of nitrogens with one attached hydrogen (secondary N) is 1. The van der Waals surface area contributed by atoms with Gasteiger partial charge in [-0.25, -0.2) is 4.98 Å². The summed E-state index contributed by atoms with van der Waals surface area (Å²) in [5.74, 6) is 0.768. The molecule has 0 spiro atoms. The third kappa shape index (κ3) is 4.90. The van der Waals surface area contributed by atoms with Crippen molar-refractivity contribution in [3.05, 3.63) is 40.4 Å². The first-order chi connectivity index (χ1) is 11.2. The number of nitrogens with zero attached hydrogens (tertiary/aromatic N) is 2. The standard InChI is InChI=1S/C19H29N3O/c1-4-6-7-10-13-22(15(3)5-2)14-18-20-17-12-9-8-11-16(17)19(23)21-18/h8-9,11-12,15H,4-7,10,13-14H2,1-3H3,(H,20,21,23). The van der Waals surface area contributed by atoms with Gasteiger partial charge in [0.05, 0.1) is 17.4 Å². The molecule has 1 atom stereocenters. The van der Waals surface area contributed by atoms with E-state index in [0.29, 0.717) is 18.0 Å². The molecule has 0 aliphatic heterocycles. The SMILES string of the molecule is CCCCCCN(Cc1nc2ccccc2c(=O)[nH]1)C(C)CC. The first-order valence-electron chi connectivity index (χ1n) is 8.87. The second-order valence-electron chi connectivity index (χ2n) is 6.32. The van der Waals surface area contributed by atoms with Crippen LogP contribution in [0.15, 0.2) is 29.1 Å². The van der Waals surface area contributed by atoms with Crippen LogP contribution in [-0.4, -0.2) is 27.5 Å². The number of fused-ring (bicyclic) bond motifs is 1. The van der Waals surface area contributed by atoms with Crippen molar-refractivity contribution in [2.45, 2.75) is 65.5 Å². The summed E-state index contributed by atoms with van der Waals surface area (Å²) in [6.07, 6.45) is 6.12. The van der Waals surface area contributed by atoms with Crippen molar-refractivity contribution in [1.29, 1.82) is 0 Å². The van der Waals surface area contributed by atoms with Gasteiger partial charge >= 0.3 is 0 Å². The van der Waals surface area contributed by atoms with Gasteiger partial charge in [0.25, 0.3) is 5.56 Å². The van der Waals surface area contributed by atoms with E-state index < -0.39 is 0 Å². The number of H-pyrrole nitrogens is 1. The molecular formula is C19H29N3O. The monoisotopic (exact) mass is 315 g/mol. The van der Waals surface area contributed by atoms with Crippen LogP contribution in [0.3, 0.4) is 0 Å². The lowest BCUT2D eigenvalue weighted by atomic mass is 10.1. The minimum absolute atomic E-state index is 0.0410. The molecule has 1 heterocycles. The topological polar surface area (TPSA) is 49.0 Å². The van der Waals surface area contributed by atoms with Crippen molar-refractivity contribution in [2.24, 2.45) is 0 Å². The fourth-order valence-corrected chi connectivity index (χ4v) is 2.86. The molecule has 0 saturated heterocycles. The summed E-state index contributed by atoms with van der Waals surface area (Å²) in [6.45, 7) is 8.46. The van der Waals surface area contributed by atoms with Crippen molar-refractivity contribution < 1.29 is 0 Å². The van der Waals surface area contributed by atoms with Crippen LogP contribution in [0.1, 0.15) is 58.7 Å². The van der Waals surface area contributed by atoms with Gasteiger partial charge in [-0.15, -0.1) is 0 Å². The van der Waals surface area contributed by atoms with Crippen molar-refractivity contribution in [2.75, 3.05) is 6.54 Å². The third-order valence-electron chi connectivity index (χ3n) is 4.53. The first kappa shape index (κ1) is 17.7. The summed E-state index contributed by atoms with van der Waals surface area (Å²) >= 11 is 0. The highest BCUT2D eigenvalue weighted by Crippen LogP contribution is 2.12. The van der Waals surface area contributed by atoms with Gasteiger partial charge in [-0.2, -0.15) is 0 Å². The second-order valence-corrected chi connectivity index (χ2v) is 6.32. The van der Waals surface area contributed by atoms with Crippen LogP contribution in [0.25, 0.3) is 10.9 Å². The Labute approximate surface area is 138 Å². The Hall–Kier alpha value is -1.68. The van der Waals surface area contributed by atoms with Crippen LogP contribution in [0, 0.1) is 0 Å². The van der Waals surface area contributed by atoms with Gasteiger partial charge < -0.3 is 4.98 Å². The van der Waals surface area contributed by atoms with E-state index in [1.54, 1.807) is 0 Å². The highest BCUT2D eigenvalue weighted by Gasteiger charge is 2.14. The maximum atomic E-state index is 12.2. The molecule has 2 aromatic rings. The summed E-state index contributed by atoms with van der Waals surface area (Å²) < 4.78 is 0. The van der Waals surface area contributed by atoms with Gasteiger partial charge in [0.1, 0.15) is 5.82 Å². The molecule has 4 nitrogen and oxygen atoms in total. The van der Waals surface area contributed by atoms with Crippen molar-refractivity contribution in [3.8, 4) is 0 Å². The van der Waals surface area contributed by atoms with Crippen molar-refractivity contribution >= 4 is 10.9 Å². The minimum Gasteiger partial charge on any atom is -0.309 e. The number of aromatic nitrogens is 2. The van der Waals surface area contributed by atoms with Gasteiger partial charge in [0.2, 0.25) is 0 Å². The van der Waals surface area contributed by atoms with Crippen LogP contribution in [0.2, 0.25) is 0 Å². The van der Waals surface area contributed by atoms with E-state index in [0.717, 1.165) is 24.3 Å². The number of hydrogen-bond donors (Lipinski definition) is 1. The predicted octanol–water partition coefficient (Wildman–Crippen LogP) is 4.10. The molecule has 23 heavy (non-hydrogen) atoms. The fourth-order valence-electron chi connectivity index (χ4n) is 2.86. The average Bonchev–Trinajstić information content (AvgIpc) is 2.57. The number of rotatable bonds is 9. The van der Waals surface area contributed by atoms with Crippen LogP contribution in [0.5, 0.6) is 0 Å². The Kier molecular flexibility index (Phi) is 6.78. The van der Waals surface area contributed by atoms with Crippen LogP contribution < -0.4 is 5.56 Å². The number of unbranched alkanes of at least 4 members (excludes halogenated alkanes) is 3. The molecule has 2 rings (SSSR count). The van der Waals surface area contributed by atoms with E-state index in [2.05, 4.69) is 35.6 Å². The molecule has 4 heteroatoms. The second kappa shape index (κ2) is 8.82. The molecule has 1 aromatic heterocycles. The molecule has 0 bridgehead atoms. The average molecular weight is 315 g/mol. The molecular weight excluding hydrogens is 286 g/mol. The highest BCUT2D eigenvalue weighted by molar-refractivity contribution is 5.77. The summed E-state index contributed by atoms with van der Waals surface area (Å²) in [6, 6.07) is 8.02. The van der Waals surface area contributed by atoms with E-state index in [9.17, 15) is 4.79 Å². The Bertz CT molecular complexity index is 665. The highest BCUT2D eigenvalue weighted by atomic mass is 16.1. The molecule has 1 unspecified atom stereocenters. The smallest absolute Gasteiger partial charge is 0.258 e. The molecule has 1 aromatic carbocycles. The maximum absolute atomic E-state index is 12.2. The molecule has 0 saturated carbocycles. The lowest BCUT2D eigenvalue weighted by Gasteiger charge is -2.28. The van der Waals surface area contributed by atoms with Gasteiger partial charge in [0.15, 0.2) is 0 Å². The van der Waals surface area contributed by atoms with Crippen molar-refractivity contribution in [1.82, 2.24) is 14.9 Å². The lowest BCUT2D eigenvalue weighted by Crippen LogP contribution is -2.34. The molecule has 126 valence electrons. The van der Waals surface area contributed by atoms with E-state index in [1.807, 2.05) is 24.3 Å². The Morgan fingerprint density at radius 2 is 1.96 bits per heavy atom. The van der Waals surface area contributed by atoms with Crippen LogP contribution in [-0.2, 0) is 6.54 Å². The van der Waals surface area contributed by atoms with E-state index in [1.165, 1.54) is 25.7 Å². The van der Waals surface area contributed by atoms with Gasteiger partial charge in [-0.05, 0) is 38.4 Å². The van der Waals surface area contributed by atoms with Crippen molar-refractivity contribution in [3.63, 3.8) is 0 Å². The molecule has 0 radical (unpaired) electrons. The summed E-state index contributed by atoms with van der Waals surface area (Å²) in [4.78, 5) is 22.2. The largest absolute Gasteiger partial charge is 0.309 e. The quantitative estimate of drug-likeness (QED) is 0.709. The number of benzene rings is 1. The summed E-state index contributed by atoms with van der Waals surface area (Å²) in [5.41, 5.74) is 0.738. The molecule has 0 aliphatic carbocycles. The molecule has 1 N–H and O–H groups in total. The van der Waals surface area contributed by atoms with E-state index in [-0.39, 0.29) is 5.56 Å². The molecule has 0 fully saturated rings. The Morgan fingerprint density at radius 3 is 2.70 bits per heavy atom. The normalized spacial score (nSPS) is 12.9. The number of hydrogen-bond acceptors (Lipinski definition) is 3. The lowest BCUT2D eigenvalue weighted by molar-refractivity contribution is 0.186. The minimum atomic E-state index is -0.0410. The number of para-hydroxylation sites is 1. The Balaban J connectivity index is 2.13. The fraction of sp³-hybridized carbons (Fsp3) is 0.579. The third-order valence-corrected chi connectivity index (χ3v) is 4.53. The number of aromatic amines is 1. The molecule has 0 amide bonds. The molecule has 0 aliphatic rings. The predicted molar refractivity (Wildman–Crippen MR) is 96.7 cm³/mol. The summed E-state index contributed by atoms with van der Waals surface area (Å²) in [5, 5.41) is 0.661. The van der Waals surface area contributed by atoms with Gasteiger partial charge in [-0.3, -0.25) is 9.69 Å². The van der Waals surface area contributed by atoms with E-state index >= 15 is 0 Å². The van der Waals surface area contributed by atoms with Gasteiger partial charge in [-0.1, -0.05) is 45.2 Å². The summed E-state index contributed by atoms with van der Waals surface area (Å²) in [7, 11) is 0. The van der Waals surface area contributed by atoms with Gasteiger partial charge in [0, 0.05) is 6.04 Å². The zero-order valence-corrected chi connectivity index (χ0v) is 14.6. The maximum Gasteiger partial charge on any atom is 0.258 e. The zero-order valence-electron chi connectivity index (χ0n) is 14.6. The van der Waals surface area contributed by atoms with Crippen LogP contribution in [0.4, 0.5) is 0 Å². The Morgan fingerprint density at radius 1 is 1.17 bits per heavy atom. The zero-order chi connectivity index (χ0) is 16.7. The van der Waals surface area contributed by atoms with E-state index in [4.69, 9.17) is 0 Å².